The lowest BCUT2D eigenvalue weighted by molar-refractivity contribution is -0.142. The summed E-state index contributed by atoms with van der Waals surface area (Å²) in [4.78, 5) is 33.0. The highest BCUT2D eigenvalue weighted by Crippen LogP contribution is 2.03. The van der Waals surface area contributed by atoms with Crippen LogP contribution in [-0.2, 0) is 14.4 Å². The van der Waals surface area contributed by atoms with Gasteiger partial charge in [0.25, 0.3) is 0 Å². The molecule has 2 amide bonds. The smallest absolute Gasteiger partial charge is 0.326 e. The number of rotatable bonds is 8. The zero-order chi connectivity index (χ0) is 13.4. The molecule has 0 fully saturated rings. The fourth-order valence-electron chi connectivity index (χ4n) is 1.29. The molecule has 0 aliphatic carbocycles. The minimum atomic E-state index is -1.19. The molecular weight excluding hydrogens is 226 g/mol. The van der Waals surface area contributed by atoms with Gasteiger partial charge in [-0.15, -0.1) is 0 Å². The molecule has 0 aromatic heterocycles. The number of carboxylic acids is 1. The third-order valence-electron chi connectivity index (χ3n) is 2.44. The third kappa shape index (κ3) is 5.86. The zero-order valence-electron chi connectivity index (χ0n) is 9.81. The molecule has 0 aromatic carbocycles. The number of carboxylic acid groups (broad SMARTS) is 1. The van der Waals surface area contributed by atoms with Crippen LogP contribution in [0.2, 0.25) is 0 Å². The second-order valence-electron chi connectivity index (χ2n) is 3.75. The van der Waals surface area contributed by atoms with E-state index in [0.29, 0.717) is 6.42 Å². The molecule has 0 bridgehead atoms. The van der Waals surface area contributed by atoms with Crippen molar-refractivity contribution in [3.63, 3.8) is 0 Å². The Morgan fingerprint density at radius 2 is 1.94 bits per heavy atom. The topological polar surface area (TPSA) is 136 Å². The van der Waals surface area contributed by atoms with E-state index in [1.165, 1.54) is 0 Å². The average Bonchev–Trinajstić information content (AvgIpc) is 2.25. The van der Waals surface area contributed by atoms with Crippen molar-refractivity contribution in [2.45, 2.75) is 32.2 Å². The maximum Gasteiger partial charge on any atom is 0.326 e. The Morgan fingerprint density at radius 1 is 1.35 bits per heavy atom. The molecule has 1 unspecified atom stereocenters. The molecule has 0 saturated carbocycles. The van der Waals surface area contributed by atoms with Crippen molar-refractivity contribution in [2.24, 2.45) is 17.4 Å². The van der Waals surface area contributed by atoms with Gasteiger partial charge in [0, 0.05) is 18.9 Å². The molecule has 6 N–H and O–H groups in total. The fraction of sp³-hybridized carbons (Fsp3) is 0.700. The molecular formula is C10H19N3O4. The van der Waals surface area contributed by atoms with Crippen LogP contribution >= 0.6 is 0 Å². The van der Waals surface area contributed by atoms with Crippen LogP contribution in [0.4, 0.5) is 0 Å². The van der Waals surface area contributed by atoms with Crippen molar-refractivity contribution in [3.05, 3.63) is 0 Å². The minimum Gasteiger partial charge on any atom is -0.480 e. The number of carbonyl (C=O) groups is 3. The van der Waals surface area contributed by atoms with Crippen LogP contribution in [0.15, 0.2) is 0 Å². The van der Waals surface area contributed by atoms with Crippen LogP contribution in [0.5, 0.6) is 0 Å². The molecule has 98 valence electrons. The Hall–Kier alpha value is -1.63. The monoisotopic (exact) mass is 245 g/mol. The summed E-state index contributed by atoms with van der Waals surface area (Å²) in [6, 6.07) is -1.10. The van der Waals surface area contributed by atoms with Crippen LogP contribution in [0.25, 0.3) is 0 Å². The highest BCUT2D eigenvalue weighted by molar-refractivity contribution is 5.85. The van der Waals surface area contributed by atoms with Gasteiger partial charge in [0.2, 0.25) is 11.8 Å². The Morgan fingerprint density at radius 3 is 2.29 bits per heavy atom. The van der Waals surface area contributed by atoms with E-state index in [2.05, 4.69) is 5.32 Å². The first-order chi connectivity index (χ1) is 7.92. The lowest BCUT2D eigenvalue weighted by atomic mass is 10.0. The normalized spacial score (nSPS) is 13.8. The number of aliphatic carboxylic acids is 1. The summed E-state index contributed by atoms with van der Waals surface area (Å²) in [5.74, 6) is -2.61. The maximum absolute atomic E-state index is 11.6. The lowest BCUT2D eigenvalue weighted by Crippen LogP contribution is -2.45. The zero-order valence-corrected chi connectivity index (χ0v) is 9.81. The van der Waals surface area contributed by atoms with Gasteiger partial charge >= 0.3 is 5.97 Å². The summed E-state index contributed by atoms with van der Waals surface area (Å²) in [6.07, 6.45) is 0.429. The van der Waals surface area contributed by atoms with Gasteiger partial charge in [-0.3, -0.25) is 9.59 Å². The number of hydrogen-bond acceptors (Lipinski definition) is 4. The average molecular weight is 245 g/mol. The predicted molar refractivity (Wildman–Crippen MR) is 60.8 cm³/mol. The molecule has 0 saturated heterocycles. The van der Waals surface area contributed by atoms with E-state index >= 15 is 0 Å². The highest BCUT2D eigenvalue weighted by Gasteiger charge is 2.23. The summed E-state index contributed by atoms with van der Waals surface area (Å²) >= 11 is 0. The van der Waals surface area contributed by atoms with Gasteiger partial charge in [0.1, 0.15) is 6.04 Å². The Labute approximate surface area is 99.5 Å². The van der Waals surface area contributed by atoms with E-state index in [0.717, 1.165) is 0 Å². The van der Waals surface area contributed by atoms with Crippen molar-refractivity contribution in [1.82, 2.24) is 5.32 Å². The second kappa shape index (κ2) is 7.61. The molecule has 0 rings (SSSR count). The molecule has 17 heavy (non-hydrogen) atoms. The van der Waals surface area contributed by atoms with E-state index in [-0.39, 0.29) is 19.4 Å². The summed E-state index contributed by atoms with van der Waals surface area (Å²) in [5.41, 5.74) is 10.3. The summed E-state index contributed by atoms with van der Waals surface area (Å²) in [6.45, 7) is 1.95. The van der Waals surface area contributed by atoms with Gasteiger partial charge in [-0.05, 0) is 12.8 Å². The molecule has 0 spiro atoms. The first kappa shape index (κ1) is 15.4. The van der Waals surface area contributed by atoms with E-state index in [1.807, 2.05) is 0 Å². The van der Waals surface area contributed by atoms with E-state index in [4.69, 9.17) is 16.6 Å². The van der Waals surface area contributed by atoms with Crippen LogP contribution in [-0.4, -0.2) is 35.5 Å². The Balaban J connectivity index is 4.38. The number of hydrogen-bond donors (Lipinski definition) is 4. The Bertz CT molecular complexity index is 289. The van der Waals surface area contributed by atoms with E-state index in [1.54, 1.807) is 6.92 Å². The van der Waals surface area contributed by atoms with E-state index in [9.17, 15) is 14.4 Å². The molecule has 0 aromatic rings. The quantitative estimate of drug-likeness (QED) is 0.426. The van der Waals surface area contributed by atoms with E-state index < -0.39 is 29.7 Å². The fourth-order valence-corrected chi connectivity index (χ4v) is 1.29. The van der Waals surface area contributed by atoms with Crippen LogP contribution in [0, 0.1) is 5.92 Å². The lowest BCUT2D eigenvalue weighted by Gasteiger charge is -2.17. The number of primary amides is 1. The van der Waals surface area contributed by atoms with Crippen molar-refractivity contribution in [3.8, 4) is 0 Å². The van der Waals surface area contributed by atoms with Gasteiger partial charge in [0.15, 0.2) is 0 Å². The molecule has 2 atom stereocenters. The molecule has 0 aliphatic heterocycles. The molecule has 7 heteroatoms. The molecule has 7 nitrogen and oxygen atoms in total. The highest BCUT2D eigenvalue weighted by atomic mass is 16.4. The van der Waals surface area contributed by atoms with Crippen molar-refractivity contribution in [1.29, 1.82) is 0 Å². The summed E-state index contributed by atoms with van der Waals surface area (Å²) in [5, 5.41) is 11.2. The number of nitrogens with one attached hydrogen (secondary N) is 1. The van der Waals surface area contributed by atoms with Gasteiger partial charge < -0.3 is 21.9 Å². The van der Waals surface area contributed by atoms with Gasteiger partial charge in [0.05, 0.1) is 0 Å². The van der Waals surface area contributed by atoms with Gasteiger partial charge in [-0.2, -0.15) is 0 Å². The van der Waals surface area contributed by atoms with Crippen molar-refractivity contribution >= 4 is 17.8 Å². The predicted octanol–water partition coefficient (Wildman–Crippen LogP) is -1.19. The number of amides is 2. The molecule has 0 heterocycles. The van der Waals surface area contributed by atoms with Gasteiger partial charge in [-0.25, -0.2) is 4.79 Å². The van der Waals surface area contributed by atoms with Crippen LogP contribution in [0.1, 0.15) is 26.2 Å². The van der Waals surface area contributed by atoms with Crippen LogP contribution < -0.4 is 16.8 Å². The first-order valence-electron chi connectivity index (χ1n) is 5.43. The molecule has 0 radical (unpaired) electrons. The molecule has 0 aliphatic rings. The minimum absolute atomic E-state index is 0.0165. The number of nitrogens with two attached hydrogens (primary N) is 2. The maximum atomic E-state index is 11.6. The second-order valence-corrected chi connectivity index (χ2v) is 3.75. The Kier molecular flexibility index (Phi) is 6.88. The first-order valence-corrected chi connectivity index (χ1v) is 5.43. The number of carbonyl (C=O) groups excluding carboxylic acids is 2. The standard InChI is InChI=1S/C10H19N3O4/c1-2-6(5-11)9(15)13-7(10(16)17)3-4-8(12)14/h6-7H,2-5,11H2,1H3,(H2,12,14)(H,13,15)(H,16,17)/t6?,7-/m1/s1. The van der Waals surface area contributed by atoms with Crippen LogP contribution in [0.3, 0.4) is 0 Å². The largest absolute Gasteiger partial charge is 0.480 e. The summed E-state index contributed by atoms with van der Waals surface area (Å²) in [7, 11) is 0. The summed E-state index contributed by atoms with van der Waals surface area (Å²) < 4.78 is 0. The van der Waals surface area contributed by atoms with Crippen molar-refractivity contribution < 1.29 is 19.5 Å². The van der Waals surface area contributed by atoms with Gasteiger partial charge in [-0.1, -0.05) is 6.92 Å². The third-order valence-corrected chi connectivity index (χ3v) is 2.44. The SMILES string of the molecule is CCC(CN)C(=O)N[C@H](CCC(N)=O)C(=O)O. The van der Waals surface area contributed by atoms with Crippen molar-refractivity contribution in [2.75, 3.05) is 6.54 Å².